The Balaban J connectivity index is 2.60. The molecule has 0 radical (unpaired) electrons. The summed E-state index contributed by atoms with van der Waals surface area (Å²) >= 11 is 6.16. The molecule has 1 amide bonds. The van der Waals surface area contributed by atoms with E-state index in [1.807, 2.05) is 6.92 Å². The van der Waals surface area contributed by atoms with Crippen LogP contribution in [0.15, 0.2) is 47.4 Å². The van der Waals surface area contributed by atoms with Crippen LogP contribution in [0.2, 0.25) is 5.02 Å². The molecule has 0 aliphatic heterocycles. The van der Waals surface area contributed by atoms with Crippen LogP contribution in [0.4, 0.5) is 5.69 Å². The number of nitrogens with zero attached hydrogens (tertiary/aromatic N) is 2. The summed E-state index contributed by atoms with van der Waals surface area (Å²) in [6.07, 6.45) is 0. The SMILES string of the molecule is Cc1ccc(S(=O)(=O)N(CC(=O)N(C)C)c2cccc(Cl)c2C)cc1. The molecule has 0 N–H and O–H groups in total. The number of carbonyl (C=O) groups excluding carboxylic acids is 1. The van der Waals surface area contributed by atoms with Crippen molar-refractivity contribution in [2.45, 2.75) is 18.7 Å². The topological polar surface area (TPSA) is 57.7 Å². The lowest BCUT2D eigenvalue weighted by molar-refractivity contribution is -0.127. The highest BCUT2D eigenvalue weighted by molar-refractivity contribution is 7.92. The van der Waals surface area contributed by atoms with E-state index in [4.69, 9.17) is 11.6 Å². The van der Waals surface area contributed by atoms with Gasteiger partial charge in [0.15, 0.2) is 0 Å². The largest absolute Gasteiger partial charge is 0.347 e. The Morgan fingerprint density at radius 2 is 1.64 bits per heavy atom. The van der Waals surface area contributed by atoms with Crippen LogP contribution in [0.3, 0.4) is 0 Å². The second-order valence-electron chi connectivity index (χ2n) is 6.00. The molecule has 2 aromatic rings. The van der Waals surface area contributed by atoms with E-state index in [9.17, 15) is 13.2 Å². The lowest BCUT2D eigenvalue weighted by atomic mass is 10.2. The van der Waals surface area contributed by atoms with Crippen LogP contribution in [0.1, 0.15) is 11.1 Å². The summed E-state index contributed by atoms with van der Waals surface area (Å²) < 4.78 is 27.5. The van der Waals surface area contributed by atoms with Gasteiger partial charge in [-0.2, -0.15) is 0 Å². The fraction of sp³-hybridized carbons (Fsp3) is 0.278. The van der Waals surface area contributed by atoms with Gasteiger partial charge in [0.2, 0.25) is 5.91 Å². The summed E-state index contributed by atoms with van der Waals surface area (Å²) in [5, 5.41) is 0.443. The number of rotatable bonds is 5. The average Bonchev–Trinajstić information content (AvgIpc) is 2.55. The Kier molecular flexibility index (Phi) is 5.75. The minimum atomic E-state index is -3.91. The smallest absolute Gasteiger partial charge is 0.264 e. The highest BCUT2D eigenvalue weighted by atomic mass is 35.5. The van der Waals surface area contributed by atoms with Crippen LogP contribution in [-0.2, 0) is 14.8 Å². The number of hydrogen-bond acceptors (Lipinski definition) is 3. The van der Waals surface area contributed by atoms with Gasteiger partial charge in [0.1, 0.15) is 6.54 Å². The van der Waals surface area contributed by atoms with Crippen LogP contribution in [0, 0.1) is 13.8 Å². The molecule has 0 aliphatic rings. The second kappa shape index (κ2) is 7.45. The zero-order chi connectivity index (χ0) is 18.8. The van der Waals surface area contributed by atoms with E-state index in [1.165, 1.54) is 17.0 Å². The molecule has 0 unspecified atom stereocenters. The van der Waals surface area contributed by atoms with E-state index in [0.717, 1.165) is 9.87 Å². The highest BCUT2D eigenvalue weighted by Crippen LogP contribution is 2.30. The zero-order valence-electron chi connectivity index (χ0n) is 14.7. The second-order valence-corrected chi connectivity index (χ2v) is 8.27. The van der Waals surface area contributed by atoms with Crippen molar-refractivity contribution in [3.8, 4) is 0 Å². The van der Waals surface area contributed by atoms with E-state index in [0.29, 0.717) is 16.3 Å². The molecule has 0 aliphatic carbocycles. The molecule has 0 saturated heterocycles. The van der Waals surface area contributed by atoms with Crippen LogP contribution < -0.4 is 4.31 Å². The first-order valence-electron chi connectivity index (χ1n) is 7.69. The van der Waals surface area contributed by atoms with E-state index in [1.54, 1.807) is 51.4 Å². The number of anilines is 1. The number of carbonyl (C=O) groups is 1. The zero-order valence-corrected chi connectivity index (χ0v) is 16.2. The molecular weight excluding hydrogens is 360 g/mol. The predicted octanol–water partition coefficient (Wildman–Crippen LogP) is 3.24. The molecule has 0 heterocycles. The Morgan fingerprint density at radius 3 is 2.20 bits per heavy atom. The Labute approximate surface area is 153 Å². The van der Waals surface area contributed by atoms with Crippen molar-refractivity contribution in [1.82, 2.24) is 4.90 Å². The first-order valence-corrected chi connectivity index (χ1v) is 9.51. The van der Waals surface area contributed by atoms with E-state index >= 15 is 0 Å². The van der Waals surface area contributed by atoms with Gasteiger partial charge in [-0.15, -0.1) is 0 Å². The normalized spacial score (nSPS) is 11.2. The van der Waals surface area contributed by atoms with Crippen molar-refractivity contribution in [3.63, 3.8) is 0 Å². The number of aryl methyl sites for hydroxylation is 1. The number of likely N-dealkylation sites (N-methyl/N-ethyl adjacent to an activating group) is 1. The quantitative estimate of drug-likeness (QED) is 0.800. The number of benzene rings is 2. The molecular formula is C18H21ClN2O3S. The van der Waals surface area contributed by atoms with Crippen LogP contribution >= 0.6 is 11.6 Å². The average molecular weight is 381 g/mol. The molecule has 2 rings (SSSR count). The molecule has 0 fully saturated rings. The van der Waals surface area contributed by atoms with Crippen molar-refractivity contribution < 1.29 is 13.2 Å². The number of amides is 1. The van der Waals surface area contributed by atoms with Gasteiger partial charge in [0.25, 0.3) is 10.0 Å². The van der Waals surface area contributed by atoms with Crippen molar-refractivity contribution in [3.05, 3.63) is 58.6 Å². The molecule has 7 heteroatoms. The monoisotopic (exact) mass is 380 g/mol. The maximum absolute atomic E-state index is 13.2. The summed E-state index contributed by atoms with van der Waals surface area (Å²) in [7, 11) is -0.737. The molecule has 134 valence electrons. The first kappa shape index (κ1) is 19.3. The molecule has 2 aromatic carbocycles. The fourth-order valence-electron chi connectivity index (χ4n) is 2.27. The molecule has 25 heavy (non-hydrogen) atoms. The predicted molar refractivity (Wildman–Crippen MR) is 101 cm³/mol. The summed E-state index contributed by atoms with van der Waals surface area (Å²) in [6.45, 7) is 3.31. The Morgan fingerprint density at radius 1 is 1.04 bits per heavy atom. The van der Waals surface area contributed by atoms with Crippen molar-refractivity contribution >= 4 is 33.2 Å². The van der Waals surface area contributed by atoms with E-state index in [-0.39, 0.29) is 17.3 Å². The van der Waals surface area contributed by atoms with Gasteiger partial charge in [-0.1, -0.05) is 35.4 Å². The van der Waals surface area contributed by atoms with Crippen LogP contribution in [-0.4, -0.2) is 39.9 Å². The van der Waals surface area contributed by atoms with Crippen LogP contribution in [0.5, 0.6) is 0 Å². The van der Waals surface area contributed by atoms with Gasteiger partial charge in [-0.3, -0.25) is 9.10 Å². The summed E-state index contributed by atoms with van der Waals surface area (Å²) in [5.41, 5.74) is 1.95. The number of sulfonamides is 1. The summed E-state index contributed by atoms with van der Waals surface area (Å²) in [6, 6.07) is 11.5. The third-order valence-electron chi connectivity index (χ3n) is 3.89. The van der Waals surface area contributed by atoms with Crippen molar-refractivity contribution in [1.29, 1.82) is 0 Å². The van der Waals surface area contributed by atoms with E-state index in [2.05, 4.69) is 0 Å². The van der Waals surface area contributed by atoms with Gasteiger partial charge in [0.05, 0.1) is 10.6 Å². The van der Waals surface area contributed by atoms with Crippen LogP contribution in [0.25, 0.3) is 0 Å². The molecule has 0 saturated carbocycles. The molecule has 0 aromatic heterocycles. The maximum atomic E-state index is 13.2. The fourth-order valence-corrected chi connectivity index (χ4v) is 3.91. The van der Waals surface area contributed by atoms with Gasteiger partial charge < -0.3 is 4.90 Å². The van der Waals surface area contributed by atoms with Gasteiger partial charge in [-0.05, 0) is 43.7 Å². The molecule has 0 bridgehead atoms. The third kappa shape index (κ3) is 4.14. The van der Waals surface area contributed by atoms with Crippen molar-refractivity contribution in [2.24, 2.45) is 0 Å². The lowest BCUT2D eigenvalue weighted by Gasteiger charge is -2.27. The maximum Gasteiger partial charge on any atom is 0.264 e. The number of hydrogen-bond donors (Lipinski definition) is 0. The first-order chi connectivity index (χ1) is 11.6. The molecule has 5 nitrogen and oxygen atoms in total. The summed E-state index contributed by atoms with van der Waals surface area (Å²) in [4.78, 5) is 13.7. The standard InChI is InChI=1S/C18H21ClN2O3S/c1-13-8-10-15(11-9-13)25(23,24)21(12-18(22)20(3)4)17-7-5-6-16(19)14(17)2/h5-11H,12H2,1-4H3. The van der Waals surface area contributed by atoms with Gasteiger partial charge >= 0.3 is 0 Å². The number of halogens is 1. The lowest BCUT2D eigenvalue weighted by Crippen LogP contribution is -2.40. The molecule has 0 spiro atoms. The molecule has 0 atom stereocenters. The van der Waals surface area contributed by atoms with E-state index < -0.39 is 10.0 Å². The van der Waals surface area contributed by atoms with Gasteiger partial charge in [0, 0.05) is 19.1 Å². The van der Waals surface area contributed by atoms with Crippen molar-refractivity contribution in [2.75, 3.05) is 24.9 Å². The minimum absolute atomic E-state index is 0.129. The summed E-state index contributed by atoms with van der Waals surface area (Å²) in [5.74, 6) is -0.324. The third-order valence-corrected chi connectivity index (χ3v) is 6.08. The minimum Gasteiger partial charge on any atom is -0.347 e. The Hall–Kier alpha value is -2.05. The van der Waals surface area contributed by atoms with Gasteiger partial charge in [-0.25, -0.2) is 8.42 Å². The highest BCUT2D eigenvalue weighted by Gasteiger charge is 2.29. The Bertz CT molecular complexity index is 878.